The van der Waals surface area contributed by atoms with Gasteiger partial charge in [0.15, 0.2) is 39.6 Å². The van der Waals surface area contributed by atoms with E-state index in [4.69, 9.17) is 22.2 Å². The SMILES string of the molecule is C[C@H]1CN(/N=C/CCC(=O)/C(=N\O)c2ccc(O)c(O)c2Cl)C(=O)N1[C@]1(C(=O)O)CN2C(=O)C(CC(=O)/C(=N\OC(C)(C)C(=O)O)c3csc(N)n3)[C@H]2S1. The van der Waals surface area contributed by atoms with Crippen LogP contribution in [0.1, 0.15) is 51.3 Å². The zero-order chi connectivity index (χ0) is 39.9. The molecule has 3 amide bonds. The number of hydrazone groups is 1. The number of thioether (sulfide) groups is 1. The second kappa shape index (κ2) is 15.1. The maximum atomic E-state index is 13.6. The number of benzene rings is 1. The molecular formula is C31H33ClN8O12S2. The van der Waals surface area contributed by atoms with Gasteiger partial charge in [0.25, 0.3) is 0 Å². The molecule has 54 heavy (non-hydrogen) atoms. The van der Waals surface area contributed by atoms with Gasteiger partial charge in [-0.3, -0.25) is 19.3 Å². The maximum absolute atomic E-state index is 13.6. The van der Waals surface area contributed by atoms with Gasteiger partial charge in [0.05, 0.1) is 35.4 Å². The van der Waals surface area contributed by atoms with Crippen molar-refractivity contribution in [2.75, 3.05) is 18.8 Å². The number of carbonyl (C=O) groups excluding carboxylic acids is 4. The van der Waals surface area contributed by atoms with E-state index in [1.54, 1.807) is 6.92 Å². The Bertz CT molecular complexity index is 2020. The number of carboxylic acid groups (broad SMARTS) is 2. The molecule has 3 fully saturated rings. The van der Waals surface area contributed by atoms with Crippen LogP contribution in [0.4, 0.5) is 9.93 Å². The fraction of sp³-hybridized carbons (Fsp3) is 0.419. The molecule has 20 nitrogen and oxygen atoms in total. The number of rotatable bonds is 15. The third-order valence-electron chi connectivity index (χ3n) is 8.73. The highest BCUT2D eigenvalue weighted by Gasteiger charge is 2.67. The van der Waals surface area contributed by atoms with Crippen LogP contribution in [-0.4, -0.2) is 133 Å². The Labute approximate surface area is 318 Å². The van der Waals surface area contributed by atoms with E-state index >= 15 is 0 Å². The number of aromatic hydroxyl groups is 2. The third kappa shape index (κ3) is 7.22. The number of nitrogens with zero attached hydrogens (tertiary/aromatic N) is 7. The van der Waals surface area contributed by atoms with E-state index in [-0.39, 0.29) is 48.0 Å². The van der Waals surface area contributed by atoms with Gasteiger partial charge in [-0.25, -0.2) is 24.4 Å². The van der Waals surface area contributed by atoms with E-state index in [9.17, 15) is 54.4 Å². The van der Waals surface area contributed by atoms with E-state index < -0.39 is 91.9 Å². The summed E-state index contributed by atoms with van der Waals surface area (Å²) in [5, 5.41) is 60.9. The number of aromatic nitrogens is 1. The van der Waals surface area contributed by atoms with E-state index in [1.807, 2.05) is 0 Å². The van der Waals surface area contributed by atoms with Crippen LogP contribution in [0.3, 0.4) is 0 Å². The van der Waals surface area contributed by atoms with Gasteiger partial charge in [-0.1, -0.05) is 33.7 Å². The first-order chi connectivity index (χ1) is 25.3. The monoisotopic (exact) mass is 808 g/mol. The number of aliphatic carboxylic acids is 2. The zero-order valence-corrected chi connectivity index (χ0v) is 31.0. The molecule has 23 heteroatoms. The van der Waals surface area contributed by atoms with Crippen LogP contribution in [0.5, 0.6) is 11.5 Å². The van der Waals surface area contributed by atoms with Gasteiger partial charge < -0.3 is 41.1 Å². The molecule has 2 aromatic rings. The summed E-state index contributed by atoms with van der Waals surface area (Å²) in [4.78, 5) is 87.3. The number of amides is 3. The van der Waals surface area contributed by atoms with Crippen LogP contribution in [0.25, 0.3) is 0 Å². The average molecular weight is 809 g/mol. The number of carbonyl (C=O) groups is 6. The van der Waals surface area contributed by atoms with Gasteiger partial charge in [-0.15, -0.1) is 11.3 Å². The van der Waals surface area contributed by atoms with Crippen LogP contribution < -0.4 is 5.73 Å². The summed E-state index contributed by atoms with van der Waals surface area (Å²) < 4.78 is 0. The van der Waals surface area contributed by atoms with Crippen molar-refractivity contribution in [3.63, 3.8) is 0 Å². The molecule has 1 aromatic carbocycles. The van der Waals surface area contributed by atoms with Gasteiger partial charge in [-0.05, 0) is 39.3 Å². The minimum absolute atomic E-state index is 0.00299. The predicted octanol–water partition coefficient (Wildman–Crippen LogP) is 1.98. The molecule has 1 aromatic heterocycles. The number of fused-ring (bicyclic) bond motifs is 1. The highest BCUT2D eigenvalue weighted by molar-refractivity contribution is 8.02. The van der Waals surface area contributed by atoms with Crippen LogP contribution in [-0.2, 0) is 28.8 Å². The first-order valence-corrected chi connectivity index (χ1v) is 18.0. The number of phenols is 2. The number of hydrogen-bond donors (Lipinski definition) is 6. The number of β-lactam (4-membered cyclic amide) rings is 1. The molecule has 0 saturated carbocycles. The molecule has 288 valence electrons. The summed E-state index contributed by atoms with van der Waals surface area (Å²) in [6.45, 7) is 3.60. The standard InChI is InChI=1S/C31H33ClN8O12S2/c1-13-10-39(34-8-4-5-17(41)21(36-51)14-6-7-18(42)23(44)20(14)32)29(50)40(13)31(27(48)49)12-38-24(45)15(25(38)54-31)9-19(43)22(16-11-53-28(33)35-16)37-52-30(2,3)26(46)47/h6-8,11,13,15,25,42,44,51H,4-5,9-10,12H2,1-3H3,(H2,33,35)(H,46,47)(H,48,49)/b34-8+,36-21-,37-22-/t13-,15?,25+,31+/m0/s1. The average Bonchev–Trinajstić information content (AvgIpc) is 3.79. The zero-order valence-electron chi connectivity index (χ0n) is 28.6. The molecule has 1 unspecified atom stereocenters. The molecule has 0 bridgehead atoms. The van der Waals surface area contributed by atoms with Crippen LogP contribution in [0.2, 0.25) is 5.02 Å². The Morgan fingerprint density at radius 3 is 2.48 bits per heavy atom. The number of phenolic OH excluding ortho intramolecular Hbond substituents is 2. The lowest BCUT2D eigenvalue weighted by Crippen LogP contribution is -2.60. The van der Waals surface area contributed by atoms with E-state index in [2.05, 4.69) is 20.4 Å². The molecule has 0 spiro atoms. The summed E-state index contributed by atoms with van der Waals surface area (Å²) >= 11 is 7.79. The van der Waals surface area contributed by atoms with Crippen molar-refractivity contribution < 1.29 is 59.2 Å². The Kier molecular flexibility index (Phi) is 11.1. The van der Waals surface area contributed by atoms with Crippen molar-refractivity contribution in [3.8, 4) is 11.5 Å². The molecule has 4 atom stereocenters. The molecule has 5 rings (SSSR count). The third-order valence-corrected chi connectivity index (χ3v) is 11.5. The summed E-state index contributed by atoms with van der Waals surface area (Å²) in [6.07, 6.45) is 0.439. The fourth-order valence-corrected chi connectivity index (χ4v) is 8.41. The van der Waals surface area contributed by atoms with Crippen LogP contribution in [0, 0.1) is 5.92 Å². The Hall–Kier alpha value is -5.48. The Morgan fingerprint density at radius 1 is 1.17 bits per heavy atom. The fourth-order valence-electron chi connectivity index (χ4n) is 5.85. The molecule has 3 saturated heterocycles. The number of hydrogen-bond acceptors (Lipinski definition) is 17. The van der Waals surface area contributed by atoms with Gasteiger partial charge in [-0.2, -0.15) is 5.10 Å². The molecule has 3 aliphatic rings. The van der Waals surface area contributed by atoms with Crippen molar-refractivity contribution in [2.45, 2.75) is 61.9 Å². The lowest BCUT2D eigenvalue weighted by atomic mass is 9.90. The number of Topliss-reactive ketones (excluding diaryl/α,β-unsaturated/α-hetero) is 2. The maximum Gasteiger partial charge on any atom is 0.350 e. The minimum Gasteiger partial charge on any atom is -0.504 e. The molecule has 4 heterocycles. The largest absolute Gasteiger partial charge is 0.504 e. The predicted molar refractivity (Wildman–Crippen MR) is 192 cm³/mol. The molecule has 0 radical (unpaired) electrons. The lowest BCUT2D eigenvalue weighted by Gasteiger charge is -2.40. The van der Waals surface area contributed by atoms with E-state index in [0.29, 0.717) is 0 Å². The number of anilines is 1. The number of carboxylic acids is 2. The smallest absolute Gasteiger partial charge is 0.350 e. The number of halogens is 1. The van der Waals surface area contributed by atoms with Crippen molar-refractivity contribution in [1.29, 1.82) is 0 Å². The molecule has 0 aliphatic carbocycles. The number of oxime groups is 2. The topological polar surface area (TPSA) is 299 Å². The van der Waals surface area contributed by atoms with Crippen molar-refractivity contribution >= 4 is 92.9 Å². The number of ketones is 2. The number of thiazole rings is 1. The van der Waals surface area contributed by atoms with Crippen LogP contribution in [0.15, 0.2) is 32.9 Å². The second-order valence-corrected chi connectivity index (χ2v) is 15.5. The number of urea groups is 1. The van der Waals surface area contributed by atoms with Crippen molar-refractivity contribution in [1.82, 2.24) is 19.8 Å². The van der Waals surface area contributed by atoms with Gasteiger partial charge in [0, 0.05) is 30.0 Å². The molecule has 3 aliphatic heterocycles. The van der Waals surface area contributed by atoms with Crippen molar-refractivity contribution in [2.24, 2.45) is 21.3 Å². The van der Waals surface area contributed by atoms with Gasteiger partial charge >= 0.3 is 18.0 Å². The highest BCUT2D eigenvalue weighted by atomic mass is 35.5. The quantitative estimate of drug-likeness (QED) is 0.0493. The van der Waals surface area contributed by atoms with E-state index in [1.165, 1.54) is 36.4 Å². The highest BCUT2D eigenvalue weighted by Crippen LogP contribution is 2.53. The second-order valence-electron chi connectivity index (χ2n) is 12.8. The van der Waals surface area contributed by atoms with Gasteiger partial charge in [0.2, 0.25) is 16.4 Å². The number of nitrogens with two attached hydrogens (primary N) is 1. The van der Waals surface area contributed by atoms with E-state index in [0.717, 1.165) is 39.1 Å². The normalized spacial score (nSPS) is 23.2. The van der Waals surface area contributed by atoms with Crippen LogP contribution >= 0.6 is 34.7 Å². The summed E-state index contributed by atoms with van der Waals surface area (Å²) in [5.74, 6) is -7.03. The Balaban J connectivity index is 1.26. The minimum atomic E-state index is -1.95. The summed E-state index contributed by atoms with van der Waals surface area (Å²) in [7, 11) is 0. The first kappa shape index (κ1) is 39.7. The number of nitrogen functional groups attached to an aromatic ring is 1. The molecular weight excluding hydrogens is 776 g/mol. The summed E-state index contributed by atoms with van der Waals surface area (Å²) in [5.41, 5.74) is 2.90. The summed E-state index contributed by atoms with van der Waals surface area (Å²) in [6, 6.07) is 0.732. The molecule has 7 N–H and O–H groups in total. The van der Waals surface area contributed by atoms with Crippen molar-refractivity contribution in [3.05, 3.63) is 33.8 Å². The Morgan fingerprint density at radius 2 is 1.87 bits per heavy atom. The lowest BCUT2D eigenvalue weighted by molar-refractivity contribution is -0.161. The first-order valence-electron chi connectivity index (χ1n) is 15.9. The van der Waals surface area contributed by atoms with Gasteiger partial charge in [0.1, 0.15) is 5.69 Å².